The third-order valence-electron chi connectivity index (χ3n) is 3.48. The van der Waals surface area contributed by atoms with Gasteiger partial charge in [-0.3, -0.25) is 0 Å². The number of piperidine rings is 1. The number of rotatable bonds is 7. The van der Waals surface area contributed by atoms with E-state index in [1.54, 1.807) is 0 Å². The molecule has 0 spiro atoms. The first-order valence-corrected chi connectivity index (χ1v) is 6.79. The van der Waals surface area contributed by atoms with Crippen LogP contribution in [0.3, 0.4) is 0 Å². The van der Waals surface area contributed by atoms with Gasteiger partial charge in [0.15, 0.2) is 0 Å². The fraction of sp³-hybridized carbons (Fsp3) is 1.00. The first-order chi connectivity index (χ1) is 7.74. The summed E-state index contributed by atoms with van der Waals surface area (Å²) in [7, 11) is 0. The summed E-state index contributed by atoms with van der Waals surface area (Å²) in [4.78, 5) is 2.50. The van der Waals surface area contributed by atoms with E-state index in [1.165, 1.54) is 32.2 Å². The molecule has 0 aromatic carbocycles. The molecule has 0 aliphatic carbocycles. The van der Waals surface area contributed by atoms with Crippen LogP contribution in [0.2, 0.25) is 0 Å². The number of hydrogen-bond acceptors (Lipinski definition) is 3. The number of likely N-dealkylation sites (tertiary alicyclic amines) is 1. The van der Waals surface area contributed by atoms with Gasteiger partial charge in [0, 0.05) is 25.7 Å². The van der Waals surface area contributed by atoms with Gasteiger partial charge in [-0.15, -0.1) is 0 Å². The molecule has 0 saturated carbocycles. The van der Waals surface area contributed by atoms with Crippen molar-refractivity contribution in [3.05, 3.63) is 0 Å². The van der Waals surface area contributed by atoms with E-state index in [1.807, 2.05) is 0 Å². The Kier molecular flexibility index (Phi) is 7.01. The lowest BCUT2D eigenvalue weighted by Gasteiger charge is -2.34. The average Bonchev–Trinajstić information content (AvgIpc) is 2.29. The van der Waals surface area contributed by atoms with E-state index in [0.29, 0.717) is 12.0 Å². The van der Waals surface area contributed by atoms with E-state index < -0.39 is 0 Å². The van der Waals surface area contributed by atoms with Crippen molar-refractivity contribution in [1.82, 2.24) is 4.90 Å². The zero-order valence-corrected chi connectivity index (χ0v) is 11.0. The summed E-state index contributed by atoms with van der Waals surface area (Å²) in [6, 6.07) is 0.337. The maximum Gasteiger partial charge on any atom is 0.0593 e. The molecule has 0 radical (unpaired) electrons. The van der Waals surface area contributed by atoms with E-state index in [2.05, 4.69) is 18.7 Å². The maximum atomic E-state index is 5.97. The van der Waals surface area contributed by atoms with Crippen LogP contribution in [0.1, 0.15) is 39.5 Å². The molecule has 0 aromatic rings. The molecular weight excluding hydrogens is 200 g/mol. The summed E-state index contributed by atoms with van der Waals surface area (Å²) in [5, 5.41) is 0. The van der Waals surface area contributed by atoms with Crippen LogP contribution in [-0.2, 0) is 4.74 Å². The summed E-state index contributed by atoms with van der Waals surface area (Å²) in [6.07, 6.45) is 4.99. The largest absolute Gasteiger partial charge is 0.380 e. The molecule has 1 aliphatic rings. The number of hydrogen-bond donors (Lipinski definition) is 1. The topological polar surface area (TPSA) is 38.5 Å². The van der Waals surface area contributed by atoms with Gasteiger partial charge in [-0.1, -0.05) is 13.3 Å². The molecule has 1 rings (SSSR count). The van der Waals surface area contributed by atoms with Gasteiger partial charge in [0.25, 0.3) is 0 Å². The van der Waals surface area contributed by atoms with E-state index in [-0.39, 0.29) is 0 Å². The Bertz CT molecular complexity index is 173. The van der Waals surface area contributed by atoms with Gasteiger partial charge < -0.3 is 15.4 Å². The van der Waals surface area contributed by atoms with Crippen molar-refractivity contribution >= 4 is 0 Å². The highest BCUT2D eigenvalue weighted by atomic mass is 16.5. The third-order valence-corrected chi connectivity index (χ3v) is 3.48. The van der Waals surface area contributed by atoms with Crippen molar-refractivity contribution in [3.63, 3.8) is 0 Å². The molecule has 16 heavy (non-hydrogen) atoms. The summed E-state index contributed by atoms with van der Waals surface area (Å²) >= 11 is 0. The second kappa shape index (κ2) is 8.04. The predicted octanol–water partition coefficient (Wildman–Crippen LogP) is 1.86. The normalized spacial score (nSPS) is 24.6. The van der Waals surface area contributed by atoms with Gasteiger partial charge in [-0.05, 0) is 38.6 Å². The number of nitrogens with zero attached hydrogens (tertiary/aromatic N) is 1. The monoisotopic (exact) mass is 228 g/mol. The van der Waals surface area contributed by atoms with Crippen LogP contribution in [0.5, 0.6) is 0 Å². The Labute approximate surface area is 100 Å². The maximum absolute atomic E-state index is 5.97. The van der Waals surface area contributed by atoms with Gasteiger partial charge >= 0.3 is 0 Å². The lowest BCUT2D eigenvalue weighted by atomic mass is 9.92. The van der Waals surface area contributed by atoms with Gasteiger partial charge in [-0.2, -0.15) is 0 Å². The van der Waals surface area contributed by atoms with E-state index in [9.17, 15) is 0 Å². The molecule has 1 aliphatic heterocycles. The summed E-state index contributed by atoms with van der Waals surface area (Å²) < 4.78 is 5.60. The smallest absolute Gasteiger partial charge is 0.0593 e. The van der Waals surface area contributed by atoms with Crippen LogP contribution in [-0.4, -0.2) is 43.8 Å². The highest BCUT2D eigenvalue weighted by molar-refractivity contribution is 4.78. The number of ether oxygens (including phenoxy) is 1. The predicted molar refractivity (Wildman–Crippen MR) is 68.5 cm³/mol. The fourth-order valence-corrected chi connectivity index (χ4v) is 2.27. The minimum Gasteiger partial charge on any atom is -0.380 e. The summed E-state index contributed by atoms with van der Waals surface area (Å²) in [6.45, 7) is 9.59. The Hall–Kier alpha value is -0.120. The minimum atomic E-state index is 0.337. The Balaban J connectivity index is 2.07. The molecule has 1 fully saturated rings. The molecule has 0 aromatic heterocycles. The van der Waals surface area contributed by atoms with E-state index >= 15 is 0 Å². The van der Waals surface area contributed by atoms with Crippen LogP contribution in [0.15, 0.2) is 0 Å². The van der Waals surface area contributed by atoms with Crippen molar-refractivity contribution in [2.45, 2.75) is 45.6 Å². The van der Waals surface area contributed by atoms with Gasteiger partial charge in [0.05, 0.1) is 6.61 Å². The van der Waals surface area contributed by atoms with E-state index in [0.717, 1.165) is 26.3 Å². The molecule has 1 saturated heterocycles. The van der Waals surface area contributed by atoms with E-state index in [4.69, 9.17) is 10.5 Å². The molecule has 96 valence electrons. The fourth-order valence-electron chi connectivity index (χ4n) is 2.27. The zero-order valence-electron chi connectivity index (χ0n) is 11.0. The second-order valence-electron chi connectivity index (χ2n) is 5.03. The van der Waals surface area contributed by atoms with Gasteiger partial charge in [0.1, 0.15) is 0 Å². The lowest BCUT2D eigenvalue weighted by molar-refractivity contribution is 0.0803. The Morgan fingerprint density at radius 3 is 2.94 bits per heavy atom. The SMILES string of the molecule is CCCCOCCN1CCCC(C(C)N)C1. The third kappa shape index (κ3) is 5.28. The molecular formula is C13H28N2O. The van der Waals surface area contributed by atoms with Crippen LogP contribution in [0.4, 0.5) is 0 Å². The molecule has 0 amide bonds. The minimum absolute atomic E-state index is 0.337. The second-order valence-corrected chi connectivity index (χ2v) is 5.03. The Morgan fingerprint density at radius 1 is 1.44 bits per heavy atom. The van der Waals surface area contributed by atoms with Gasteiger partial charge in [-0.25, -0.2) is 0 Å². The van der Waals surface area contributed by atoms with Crippen LogP contribution in [0, 0.1) is 5.92 Å². The quantitative estimate of drug-likeness (QED) is 0.676. The van der Waals surface area contributed by atoms with Crippen molar-refractivity contribution in [2.75, 3.05) is 32.8 Å². The summed E-state index contributed by atoms with van der Waals surface area (Å²) in [5.41, 5.74) is 5.97. The van der Waals surface area contributed by atoms with Crippen molar-refractivity contribution < 1.29 is 4.74 Å². The standard InChI is InChI=1S/C13H28N2O/c1-3-4-9-16-10-8-15-7-5-6-13(11-15)12(2)14/h12-13H,3-11,14H2,1-2H3. The van der Waals surface area contributed by atoms with Crippen LogP contribution < -0.4 is 5.73 Å². The first kappa shape index (κ1) is 13.9. The van der Waals surface area contributed by atoms with Gasteiger partial charge in [0.2, 0.25) is 0 Å². The average molecular weight is 228 g/mol. The molecule has 2 atom stereocenters. The zero-order chi connectivity index (χ0) is 11.8. The number of unbranched alkanes of at least 4 members (excludes halogenated alkanes) is 1. The van der Waals surface area contributed by atoms with Crippen molar-refractivity contribution in [2.24, 2.45) is 11.7 Å². The van der Waals surface area contributed by atoms with Crippen LogP contribution in [0.25, 0.3) is 0 Å². The molecule has 2 unspecified atom stereocenters. The van der Waals surface area contributed by atoms with Crippen molar-refractivity contribution in [1.29, 1.82) is 0 Å². The molecule has 3 heteroatoms. The summed E-state index contributed by atoms with van der Waals surface area (Å²) in [5.74, 6) is 0.685. The highest BCUT2D eigenvalue weighted by Crippen LogP contribution is 2.18. The molecule has 1 heterocycles. The van der Waals surface area contributed by atoms with Crippen molar-refractivity contribution in [3.8, 4) is 0 Å². The lowest BCUT2D eigenvalue weighted by Crippen LogP contribution is -2.43. The first-order valence-electron chi connectivity index (χ1n) is 6.79. The molecule has 2 N–H and O–H groups in total. The highest BCUT2D eigenvalue weighted by Gasteiger charge is 2.21. The molecule has 0 bridgehead atoms. The van der Waals surface area contributed by atoms with Crippen LogP contribution >= 0.6 is 0 Å². The number of nitrogens with two attached hydrogens (primary N) is 1. The molecule has 3 nitrogen and oxygen atoms in total. The Morgan fingerprint density at radius 2 is 2.25 bits per heavy atom.